The number of likely N-dealkylation sites (N-methyl/N-ethyl adjacent to an activating group) is 1. The maximum atomic E-state index is 12.9. The first-order chi connectivity index (χ1) is 14.9. The molecule has 0 saturated carbocycles. The van der Waals surface area contributed by atoms with Crippen molar-refractivity contribution in [3.05, 3.63) is 99.4 Å². The first kappa shape index (κ1) is 21.2. The summed E-state index contributed by atoms with van der Waals surface area (Å²) in [6.07, 6.45) is 1.80. The Morgan fingerprint density at radius 2 is 1.77 bits per heavy atom. The number of nitrogens with one attached hydrogen (secondary N) is 1. The molecule has 0 fully saturated rings. The van der Waals surface area contributed by atoms with Crippen molar-refractivity contribution in [1.82, 2.24) is 5.32 Å². The summed E-state index contributed by atoms with van der Waals surface area (Å²) < 4.78 is 0. The molecule has 3 aromatic rings. The van der Waals surface area contributed by atoms with Gasteiger partial charge in [0.2, 0.25) is 0 Å². The van der Waals surface area contributed by atoms with Gasteiger partial charge in [-0.05, 0) is 48.4 Å². The molecule has 4 nitrogen and oxygen atoms in total. The smallest absolute Gasteiger partial charge is 0.264 e. The van der Waals surface area contributed by atoms with Crippen molar-refractivity contribution in [3.63, 3.8) is 0 Å². The maximum absolute atomic E-state index is 12.9. The van der Waals surface area contributed by atoms with Gasteiger partial charge in [0.15, 0.2) is 0 Å². The van der Waals surface area contributed by atoms with Crippen molar-refractivity contribution >= 4 is 46.9 Å². The lowest BCUT2D eigenvalue weighted by Gasteiger charge is -2.27. The lowest BCUT2D eigenvalue weighted by molar-refractivity contribution is -0.114. The van der Waals surface area contributed by atoms with Crippen LogP contribution in [0.4, 0.5) is 5.69 Å². The molecule has 0 spiro atoms. The first-order valence-corrected chi connectivity index (χ1v) is 11.1. The molecule has 31 heavy (non-hydrogen) atoms. The Kier molecular flexibility index (Phi) is 6.16. The fourth-order valence-electron chi connectivity index (χ4n) is 3.37. The molecule has 156 valence electrons. The largest absolute Gasteiger partial charge is 0.346 e. The third-order valence-electron chi connectivity index (χ3n) is 5.16. The van der Waals surface area contributed by atoms with Gasteiger partial charge in [0.1, 0.15) is 0 Å². The molecule has 1 unspecified atom stereocenters. The van der Waals surface area contributed by atoms with E-state index in [4.69, 9.17) is 11.6 Å². The van der Waals surface area contributed by atoms with Crippen LogP contribution in [-0.2, 0) is 4.79 Å². The number of carbonyl (C=O) groups is 2. The van der Waals surface area contributed by atoms with Gasteiger partial charge in [0, 0.05) is 22.5 Å². The van der Waals surface area contributed by atoms with Gasteiger partial charge >= 0.3 is 0 Å². The number of anilines is 1. The molecule has 0 radical (unpaired) electrons. The zero-order chi connectivity index (χ0) is 22.0. The number of rotatable bonds is 4. The van der Waals surface area contributed by atoms with Crippen molar-refractivity contribution in [1.29, 1.82) is 0 Å². The molecule has 0 saturated heterocycles. The Hall–Kier alpha value is -3.02. The predicted octanol–water partition coefficient (Wildman–Crippen LogP) is 5.94. The Morgan fingerprint density at radius 1 is 1.06 bits per heavy atom. The van der Waals surface area contributed by atoms with Gasteiger partial charge in [-0.25, -0.2) is 0 Å². The molecule has 0 aromatic heterocycles. The van der Waals surface area contributed by atoms with Crippen LogP contribution in [0, 0.1) is 0 Å². The van der Waals surface area contributed by atoms with Crippen LogP contribution in [0.25, 0.3) is 6.08 Å². The lowest BCUT2D eigenvalue weighted by atomic mass is 10.1. The molecule has 6 heteroatoms. The number of benzene rings is 3. The Labute approximate surface area is 190 Å². The molecule has 1 atom stereocenters. The van der Waals surface area contributed by atoms with E-state index >= 15 is 0 Å². The number of hydrogen-bond acceptors (Lipinski definition) is 3. The summed E-state index contributed by atoms with van der Waals surface area (Å²) >= 11 is 7.63. The SMILES string of the molecule is CC(NC(=O)c1ccc2c(c1)N(C)C(=O)/C(=C/c1ccccc1Cl)S2)c1ccccc1. The molecule has 0 aliphatic carbocycles. The highest BCUT2D eigenvalue weighted by Crippen LogP contribution is 2.42. The second-order valence-electron chi connectivity index (χ2n) is 7.28. The average molecular weight is 449 g/mol. The molecule has 2 amide bonds. The van der Waals surface area contributed by atoms with Crippen LogP contribution in [0.5, 0.6) is 0 Å². The molecule has 0 bridgehead atoms. The van der Waals surface area contributed by atoms with E-state index < -0.39 is 0 Å². The minimum Gasteiger partial charge on any atom is -0.346 e. The van der Waals surface area contributed by atoms with Crippen LogP contribution < -0.4 is 10.2 Å². The standard InChI is InChI=1S/C25H21ClN2O2S/c1-16(17-8-4-3-5-9-17)27-24(29)19-12-13-22-21(14-19)28(2)25(30)23(31-22)15-18-10-6-7-11-20(18)26/h3-16H,1-2H3,(H,27,29)/b23-15-. The lowest BCUT2D eigenvalue weighted by Crippen LogP contribution is -2.31. The van der Waals surface area contributed by atoms with E-state index in [1.807, 2.05) is 61.5 Å². The molecule has 3 aromatic carbocycles. The summed E-state index contributed by atoms with van der Waals surface area (Å²) in [6.45, 7) is 1.95. The van der Waals surface area contributed by atoms with Crippen LogP contribution >= 0.6 is 23.4 Å². The Morgan fingerprint density at radius 3 is 2.52 bits per heavy atom. The van der Waals surface area contributed by atoms with Crippen molar-refractivity contribution in [2.45, 2.75) is 17.9 Å². The molecule has 1 aliphatic heterocycles. The highest BCUT2D eigenvalue weighted by Gasteiger charge is 2.27. The number of halogens is 1. The van der Waals surface area contributed by atoms with Crippen molar-refractivity contribution < 1.29 is 9.59 Å². The number of nitrogens with zero attached hydrogens (tertiary/aromatic N) is 1. The zero-order valence-corrected chi connectivity index (χ0v) is 18.7. The van der Waals surface area contributed by atoms with Crippen LogP contribution in [0.1, 0.15) is 34.5 Å². The van der Waals surface area contributed by atoms with Crippen LogP contribution in [0.3, 0.4) is 0 Å². The highest BCUT2D eigenvalue weighted by molar-refractivity contribution is 8.04. The molecular weight excluding hydrogens is 428 g/mol. The molecule has 1 N–H and O–H groups in total. The number of fused-ring (bicyclic) bond motifs is 1. The number of amides is 2. The summed E-state index contributed by atoms with van der Waals surface area (Å²) in [7, 11) is 1.72. The minimum atomic E-state index is -0.178. The highest BCUT2D eigenvalue weighted by atomic mass is 35.5. The first-order valence-electron chi connectivity index (χ1n) is 9.86. The van der Waals surface area contributed by atoms with Gasteiger partial charge in [-0.1, -0.05) is 71.9 Å². The summed E-state index contributed by atoms with van der Waals surface area (Å²) in [5, 5.41) is 3.61. The molecule has 1 heterocycles. The van der Waals surface area contributed by atoms with E-state index in [0.29, 0.717) is 21.2 Å². The van der Waals surface area contributed by atoms with Gasteiger partial charge in [-0.3, -0.25) is 9.59 Å². The predicted molar refractivity (Wildman–Crippen MR) is 127 cm³/mol. The van der Waals surface area contributed by atoms with Crippen molar-refractivity contribution in [2.24, 2.45) is 0 Å². The minimum absolute atomic E-state index is 0.122. The number of hydrogen-bond donors (Lipinski definition) is 1. The summed E-state index contributed by atoms with van der Waals surface area (Å²) in [5.74, 6) is -0.310. The average Bonchev–Trinajstić information content (AvgIpc) is 2.79. The summed E-state index contributed by atoms with van der Waals surface area (Å²) in [6, 6.07) is 22.5. The van der Waals surface area contributed by atoms with Crippen molar-refractivity contribution in [2.75, 3.05) is 11.9 Å². The van der Waals surface area contributed by atoms with Gasteiger partial charge in [-0.2, -0.15) is 0 Å². The van der Waals surface area contributed by atoms with E-state index in [9.17, 15) is 9.59 Å². The van der Waals surface area contributed by atoms with Gasteiger partial charge in [-0.15, -0.1) is 0 Å². The summed E-state index contributed by atoms with van der Waals surface area (Å²) in [4.78, 5) is 28.8. The van der Waals surface area contributed by atoms with E-state index in [1.165, 1.54) is 11.8 Å². The normalized spacial score (nSPS) is 15.5. The quantitative estimate of drug-likeness (QED) is 0.502. The fraction of sp³-hybridized carbons (Fsp3) is 0.120. The Balaban J connectivity index is 1.57. The second kappa shape index (κ2) is 9.00. The molecule has 1 aliphatic rings. The monoisotopic (exact) mass is 448 g/mol. The fourth-order valence-corrected chi connectivity index (χ4v) is 4.65. The van der Waals surface area contributed by atoms with E-state index in [2.05, 4.69) is 5.32 Å². The second-order valence-corrected chi connectivity index (χ2v) is 8.78. The zero-order valence-electron chi connectivity index (χ0n) is 17.1. The topological polar surface area (TPSA) is 49.4 Å². The van der Waals surface area contributed by atoms with E-state index in [-0.39, 0.29) is 17.9 Å². The number of carbonyl (C=O) groups excluding carboxylic acids is 2. The van der Waals surface area contributed by atoms with Gasteiger partial charge in [0.05, 0.1) is 16.6 Å². The summed E-state index contributed by atoms with van der Waals surface area (Å²) in [5.41, 5.74) is 3.06. The van der Waals surface area contributed by atoms with Crippen LogP contribution in [0.15, 0.2) is 82.6 Å². The maximum Gasteiger partial charge on any atom is 0.264 e. The Bertz CT molecular complexity index is 1180. The third kappa shape index (κ3) is 4.53. The number of thioether (sulfide) groups is 1. The van der Waals surface area contributed by atoms with E-state index in [0.717, 1.165) is 16.0 Å². The van der Waals surface area contributed by atoms with Crippen LogP contribution in [0.2, 0.25) is 5.02 Å². The molecular formula is C25H21ClN2O2S. The molecule has 4 rings (SSSR count). The van der Waals surface area contributed by atoms with Crippen molar-refractivity contribution in [3.8, 4) is 0 Å². The van der Waals surface area contributed by atoms with Gasteiger partial charge < -0.3 is 10.2 Å². The van der Waals surface area contributed by atoms with Gasteiger partial charge in [0.25, 0.3) is 11.8 Å². The van der Waals surface area contributed by atoms with Crippen LogP contribution in [-0.4, -0.2) is 18.9 Å². The van der Waals surface area contributed by atoms with E-state index in [1.54, 1.807) is 36.2 Å². The third-order valence-corrected chi connectivity index (χ3v) is 6.58.